The molecule has 0 bridgehead atoms. The number of hydrogen-bond donors (Lipinski definition) is 1. The number of methoxy groups -OCH3 is 1. The molecule has 0 amide bonds. The summed E-state index contributed by atoms with van der Waals surface area (Å²) < 4.78 is 5.06. The molecule has 1 aromatic heterocycles. The maximum Gasteiger partial charge on any atom is 0.214 e. The summed E-state index contributed by atoms with van der Waals surface area (Å²) >= 11 is 0. The van der Waals surface area contributed by atoms with Gasteiger partial charge in [0.1, 0.15) is 0 Å². The Hall–Kier alpha value is -1.29. The van der Waals surface area contributed by atoms with E-state index in [1.54, 1.807) is 13.3 Å². The Morgan fingerprint density at radius 1 is 1.47 bits per heavy atom. The quantitative estimate of drug-likeness (QED) is 0.768. The zero-order chi connectivity index (χ0) is 11.1. The molecule has 84 valence electrons. The highest BCUT2D eigenvalue weighted by Crippen LogP contribution is 2.18. The second-order valence-corrected chi connectivity index (χ2v) is 3.27. The number of pyridine rings is 1. The van der Waals surface area contributed by atoms with Crippen molar-refractivity contribution in [3.63, 3.8) is 0 Å². The molecule has 0 saturated carbocycles. The molecule has 15 heavy (non-hydrogen) atoms. The third kappa shape index (κ3) is 3.40. The summed E-state index contributed by atoms with van der Waals surface area (Å²) in [6.07, 6.45) is 2.76. The standard InChI is InChI=1S/C11H18N2O2/c1-3-6-13(7-8-14)10-4-5-12-11(9-10)15-2/h4-5,9,14H,3,6-8H2,1-2H3. The lowest BCUT2D eigenvalue weighted by Crippen LogP contribution is -2.27. The second kappa shape index (κ2) is 6.24. The Kier molecular flexibility index (Phi) is 4.90. The van der Waals surface area contributed by atoms with Gasteiger partial charge in [-0.25, -0.2) is 4.98 Å². The van der Waals surface area contributed by atoms with Crippen LogP contribution in [-0.2, 0) is 0 Å². The molecule has 0 aliphatic rings. The Bertz CT molecular complexity index is 286. The minimum Gasteiger partial charge on any atom is -0.481 e. The van der Waals surface area contributed by atoms with Crippen molar-refractivity contribution in [2.75, 3.05) is 31.7 Å². The van der Waals surface area contributed by atoms with Crippen molar-refractivity contribution >= 4 is 5.69 Å². The van der Waals surface area contributed by atoms with Crippen LogP contribution in [0.1, 0.15) is 13.3 Å². The second-order valence-electron chi connectivity index (χ2n) is 3.27. The summed E-state index contributed by atoms with van der Waals surface area (Å²) in [7, 11) is 1.60. The highest BCUT2D eigenvalue weighted by Gasteiger charge is 2.05. The van der Waals surface area contributed by atoms with Gasteiger partial charge in [-0.05, 0) is 12.5 Å². The lowest BCUT2D eigenvalue weighted by molar-refractivity contribution is 0.301. The first-order valence-electron chi connectivity index (χ1n) is 5.17. The van der Waals surface area contributed by atoms with Gasteiger partial charge >= 0.3 is 0 Å². The van der Waals surface area contributed by atoms with Gasteiger partial charge in [0.25, 0.3) is 0 Å². The van der Waals surface area contributed by atoms with Gasteiger partial charge in [0.2, 0.25) is 5.88 Å². The fourth-order valence-corrected chi connectivity index (χ4v) is 1.47. The van der Waals surface area contributed by atoms with Crippen LogP contribution in [-0.4, -0.2) is 36.9 Å². The smallest absolute Gasteiger partial charge is 0.214 e. The van der Waals surface area contributed by atoms with Crippen LogP contribution in [0.15, 0.2) is 18.3 Å². The number of rotatable bonds is 6. The van der Waals surface area contributed by atoms with Crippen LogP contribution in [0.2, 0.25) is 0 Å². The number of anilines is 1. The molecule has 1 heterocycles. The SMILES string of the molecule is CCCN(CCO)c1ccnc(OC)c1. The normalized spacial score (nSPS) is 10.1. The van der Waals surface area contributed by atoms with Crippen LogP contribution < -0.4 is 9.64 Å². The summed E-state index contributed by atoms with van der Waals surface area (Å²) in [4.78, 5) is 6.16. The van der Waals surface area contributed by atoms with E-state index in [1.165, 1.54) is 0 Å². The Balaban J connectivity index is 2.79. The minimum absolute atomic E-state index is 0.157. The fourth-order valence-electron chi connectivity index (χ4n) is 1.47. The van der Waals surface area contributed by atoms with E-state index in [0.717, 1.165) is 18.7 Å². The molecule has 0 saturated heterocycles. The third-order valence-electron chi connectivity index (χ3n) is 2.16. The summed E-state index contributed by atoms with van der Waals surface area (Å²) in [5.41, 5.74) is 1.04. The predicted molar refractivity (Wildman–Crippen MR) is 60.4 cm³/mol. The van der Waals surface area contributed by atoms with Crippen LogP contribution in [0.3, 0.4) is 0 Å². The molecule has 0 radical (unpaired) electrons. The van der Waals surface area contributed by atoms with E-state index in [1.807, 2.05) is 12.1 Å². The van der Waals surface area contributed by atoms with E-state index in [0.29, 0.717) is 12.4 Å². The molecular weight excluding hydrogens is 192 g/mol. The van der Waals surface area contributed by atoms with Gasteiger partial charge in [0.05, 0.1) is 13.7 Å². The average Bonchev–Trinajstić information content (AvgIpc) is 2.29. The Labute approximate surface area is 90.5 Å². The van der Waals surface area contributed by atoms with Gasteiger partial charge in [0, 0.05) is 31.0 Å². The maximum absolute atomic E-state index is 8.96. The largest absolute Gasteiger partial charge is 0.481 e. The lowest BCUT2D eigenvalue weighted by Gasteiger charge is -2.23. The van der Waals surface area contributed by atoms with Gasteiger partial charge in [-0.15, -0.1) is 0 Å². The molecule has 1 N–H and O–H groups in total. The average molecular weight is 210 g/mol. The van der Waals surface area contributed by atoms with Crippen LogP contribution in [0.25, 0.3) is 0 Å². The fraction of sp³-hybridized carbons (Fsp3) is 0.545. The lowest BCUT2D eigenvalue weighted by atomic mass is 10.3. The van der Waals surface area contributed by atoms with Crippen molar-refractivity contribution < 1.29 is 9.84 Å². The van der Waals surface area contributed by atoms with Crippen molar-refractivity contribution in [2.45, 2.75) is 13.3 Å². The number of ether oxygens (including phenoxy) is 1. The molecule has 0 aliphatic heterocycles. The van der Waals surface area contributed by atoms with Crippen molar-refractivity contribution in [2.24, 2.45) is 0 Å². The highest BCUT2D eigenvalue weighted by atomic mass is 16.5. The van der Waals surface area contributed by atoms with E-state index >= 15 is 0 Å². The highest BCUT2D eigenvalue weighted by molar-refractivity contribution is 5.47. The van der Waals surface area contributed by atoms with Gasteiger partial charge in [-0.1, -0.05) is 6.92 Å². The summed E-state index contributed by atoms with van der Waals surface area (Å²) in [5, 5.41) is 8.96. The molecule has 0 aromatic carbocycles. The third-order valence-corrected chi connectivity index (χ3v) is 2.16. The van der Waals surface area contributed by atoms with Crippen LogP contribution in [0, 0.1) is 0 Å². The van der Waals surface area contributed by atoms with Crippen LogP contribution in [0.5, 0.6) is 5.88 Å². The number of aromatic nitrogens is 1. The topological polar surface area (TPSA) is 45.6 Å². The molecule has 0 unspecified atom stereocenters. The molecule has 4 nitrogen and oxygen atoms in total. The molecule has 0 aliphatic carbocycles. The first kappa shape index (κ1) is 11.8. The van der Waals surface area contributed by atoms with Crippen molar-refractivity contribution in [3.05, 3.63) is 18.3 Å². The zero-order valence-corrected chi connectivity index (χ0v) is 9.31. The van der Waals surface area contributed by atoms with Gasteiger partial charge < -0.3 is 14.7 Å². The summed E-state index contributed by atoms with van der Waals surface area (Å²) in [5.74, 6) is 0.603. The molecule has 0 fully saturated rings. The Morgan fingerprint density at radius 3 is 2.87 bits per heavy atom. The van der Waals surface area contributed by atoms with E-state index in [4.69, 9.17) is 9.84 Å². The number of nitrogens with zero attached hydrogens (tertiary/aromatic N) is 2. The predicted octanol–water partition coefficient (Wildman–Crippen LogP) is 1.30. The molecule has 1 aromatic rings. The zero-order valence-electron chi connectivity index (χ0n) is 9.31. The van der Waals surface area contributed by atoms with E-state index in [-0.39, 0.29) is 6.61 Å². The van der Waals surface area contributed by atoms with E-state index < -0.39 is 0 Å². The number of aliphatic hydroxyl groups excluding tert-OH is 1. The van der Waals surface area contributed by atoms with Crippen molar-refractivity contribution in [1.29, 1.82) is 0 Å². The number of aliphatic hydroxyl groups is 1. The van der Waals surface area contributed by atoms with Crippen molar-refractivity contribution in [3.8, 4) is 5.88 Å². The number of hydrogen-bond acceptors (Lipinski definition) is 4. The minimum atomic E-state index is 0.157. The molecular formula is C11H18N2O2. The monoisotopic (exact) mass is 210 g/mol. The maximum atomic E-state index is 8.96. The first-order chi connectivity index (χ1) is 7.31. The summed E-state index contributed by atoms with van der Waals surface area (Å²) in [6.45, 7) is 3.84. The van der Waals surface area contributed by atoms with Crippen molar-refractivity contribution in [1.82, 2.24) is 4.98 Å². The van der Waals surface area contributed by atoms with Crippen LogP contribution >= 0.6 is 0 Å². The van der Waals surface area contributed by atoms with Crippen LogP contribution in [0.4, 0.5) is 5.69 Å². The molecule has 1 rings (SSSR count). The first-order valence-corrected chi connectivity index (χ1v) is 5.17. The molecule has 0 spiro atoms. The van der Waals surface area contributed by atoms with Gasteiger partial charge in [-0.3, -0.25) is 0 Å². The van der Waals surface area contributed by atoms with Gasteiger partial charge in [-0.2, -0.15) is 0 Å². The molecule has 4 heteroatoms. The summed E-state index contributed by atoms with van der Waals surface area (Å²) in [6, 6.07) is 3.80. The Morgan fingerprint density at radius 2 is 2.27 bits per heavy atom. The van der Waals surface area contributed by atoms with Gasteiger partial charge in [0.15, 0.2) is 0 Å². The van der Waals surface area contributed by atoms with E-state index in [2.05, 4.69) is 16.8 Å². The molecule has 0 atom stereocenters. The van der Waals surface area contributed by atoms with E-state index in [9.17, 15) is 0 Å².